The van der Waals surface area contributed by atoms with E-state index in [1.807, 2.05) is 33.2 Å². The molecule has 9 rings (SSSR count). The van der Waals surface area contributed by atoms with Crippen LogP contribution in [0.4, 0.5) is 16.3 Å². The van der Waals surface area contributed by atoms with Crippen molar-refractivity contribution in [3.8, 4) is 28.6 Å². The van der Waals surface area contributed by atoms with Crippen LogP contribution in [0.25, 0.3) is 28.0 Å². The fraction of sp³-hybridized carbons (Fsp3) is 0.359. The summed E-state index contributed by atoms with van der Waals surface area (Å²) >= 11 is 0. The van der Waals surface area contributed by atoms with E-state index in [1.165, 1.54) is 12.0 Å². The summed E-state index contributed by atoms with van der Waals surface area (Å²) < 4.78 is 7.30. The van der Waals surface area contributed by atoms with Gasteiger partial charge >= 0.3 is 6.09 Å². The zero-order valence-corrected chi connectivity index (χ0v) is 28.7. The fourth-order valence-electron chi connectivity index (χ4n) is 7.39. The van der Waals surface area contributed by atoms with Crippen LogP contribution in [-0.2, 0) is 11.3 Å². The lowest BCUT2D eigenvalue weighted by Crippen LogP contribution is -2.68. The van der Waals surface area contributed by atoms with Gasteiger partial charge in [0, 0.05) is 80.9 Å². The number of fused-ring (bicyclic) bond motifs is 3. The lowest BCUT2D eigenvalue weighted by molar-refractivity contribution is -0.00868. The fourth-order valence-corrected chi connectivity index (χ4v) is 7.39. The van der Waals surface area contributed by atoms with Gasteiger partial charge in [0.25, 0.3) is 0 Å². The Morgan fingerprint density at radius 2 is 1.62 bits per heavy atom. The van der Waals surface area contributed by atoms with Crippen LogP contribution in [0.5, 0.6) is 0 Å². The molecule has 0 aliphatic carbocycles. The molecule has 3 aromatic heterocycles. The molecule has 4 aliphatic heterocycles. The van der Waals surface area contributed by atoms with Crippen molar-refractivity contribution < 1.29 is 9.53 Å². The number of rotatable bonds is 6. The summed E-state index contributed by atoms with van der Waals surface area (Å²) in [6.45, 7) is 11.3. The molecule has 2 bridgehead atoms. The largest absolute Gasteiger partial charge is 0.444 e. The summed E-state index contributed by atoms with van der Waals surface area (Å²) in [4.78, 5) is 31.6. The molecule has 2 atom stereocenters. The summed E-state index contributed by atoms with van der Waals surface area (Å²) in [5.41, 5.74) is 6.28. The van der Waals surface area contributed by atoms with Gasteiger partial charge in [0.2, 0.25) is 0 Å². The first-order valence-electron chi connectivity index (χ1n) is 17.4. The molecule has 1 amide bonds. The molecule has 0 N–H and O–H groups in total. The second kappa shape index (κ2) is 12.8. The number of piperazine rings is 2. The second-order valence-electron chi connectivity index (χ2n) is 14.5. The zero-order valence-electron chi connectivity index (χ0n) is 28.7. The summed E-state index contributed by atoms with van der Waals surface area (Å²) in [5, 5.41) is 14.4. The number of carbonyl (C=O) groups excluding carboxylic acids is 1. The van der Waals surface area contributed by atoms with Gasteiger partial charge in [-0.1, -0.05) is 42.5 Å². The van der Waals surface area contributed by atoms with Crippen molar-refractivity contribution in [1.29, 1.82) is 5.26 Å². The Kier molecular flexibility index (Phi) is 8.11. The smallest absolute Gasteiger partial charge is 0.410 e. The van der Waals surface area contributed by atoms with Gasteiger partial charge < -0.3 is 19.4 Å². The molecule has 4 saturated heterocycles. The molecule has 0 spiro atoms. The van der Waals surface area contributed by atoms with E-state index in [-0.39, 0.29) is 6.09 Å². The van der Waals surface area contributed by atoms with E-state index in [2.05, 4.69) is 92.6 Å². The first kappa shape index (κ1) is 31.8. The number of piperidine rings is 1. The lowest BCUT2D eigenvalue weighted by Gasteiger charge is -2.56. The van der Waals surface area contributed by atoms with Gasteiger partial charge in [-0.25, -0.2) is 19.3 Å². The van der Waals surface area contributed by atoms with Crippen molar-refractivity contribution in [2.24, 2.45) is 0 Å². The van der Waals surface area contributed by atoms with E-state index in [0.717, 1.165) is 61.0 Å². The zero-order chi connectivity index (χ0) is 34.4. The molecule has 7 heterocycles. The summed E-state index contributed by atoms with van der Waals surface area (Å²) in [7, 11) is 0. The average molecular weight is 668 g/mol. The molecule has 5 aromatic rings. The van der Waals surface area contributed by atoms with Crippen molar-refractivity contribution in [2.45, 2.75) is 51.4 Å². The van der Waals surface area contributed by atoms with E-state index in [1.54, 1.807) is 15.6 Å². The van der Waals surface area contributed by atoms with E-state index < -0.39 is 5.60 Å². The third-order valence-corrected chi connectivity index (χ3v) is 9.97. The van der Waals surface area contributed by atoms with E-state index in [0.29, 0.717) is 41.9 Å². The Morgan fingerprint density at radius 3 is 2.28 bits per heavy atom. The molecule has 4 fully saturated rings. The third-order valence-electron chi connectivity index (χ3n) is 9.97. The number of anilines is 2. The average Bonchev–Trinajstić information content (AvgIpc) is 3.57. The van der Waals surface area contributed by atoms with Crippen LogP contribution in [0.15, 0.2) is 85.3 Å². The Morgan fingerprint density at radius 1 is 0.900 bits per heavy atom. The van der Waals surface area contributed by atoms with Gasteiger partial charge in [-0.05, 0) is 57.0 Å². The van der Waals surface area contributed by atoms with Crippen LogP contribution in [0.2, 0.25) is 0 Å². The Bertz CT molecular complexity index is 2030. The Balaban J connectivity index is 0.983. The molecular weight excluding hydrogens is 626 g/mol. The highest BCUT2D eigenvalue weighted by Crippen LogP contribution is 2.36. The highest BCUT2D eigenvalue weighted by molar-refractivity contribution is 5.83. The number of pyridine rings is 1. The van der Waals surface area contributed by atoms with Crippen LogP contribution < -0.4 is 9.80 Å². The number of carbonyl (C=O) groups is 1. The number of benzene rings is 2. The van der Waals surface area contributed by atoms with Gasteiger partial charge in [-0.3, -0.25) is 4.90 Å². The minimum atomic E-state index is -0.507. The van der Waals surface area contributed by atoms with Crippen molar-refractivity contribution in [1.82, 2.24) is 29.4 Å². The number of hydrogen-bond acceptors (Lipinski definition) is 9. The van der Waals surface area contributed by atoms with E-state index in [9.17, 15) is 10.1 Å². The van der Waals surface area contributed by atoms with Gasteiger partial charge in [0.15, 0.2) is 0 Å². The highest BCUT2D eigenvalue weighted by atomic mass is 16.6. The number of aromatic nitrogens is 4. The molecule has 0 saturated carbocycles. The Labute approximate surface area is 292 Å². The number of nitriles is 1. The summed E-state index contributed by atoms with van der Waals surface area (Å²) in [6, 6.07) is 26.5. The normalized spacial score (nSPS) is 19.3. The van der Waals surface area contributed by atoms with Gasteiger partial charge in [0.1, 0.15) is 28.6 Å². The molecule has 0 radical (unpaired) electrons. The van der Waals surface area contributed by atoms with Crippen molar-refractivity contribution in [3.05, 3.63) is 96.4 Å². The predicted octanol–water partition coefficient (Wildman–Crippen LogP) is 5.85. The SMILES string of the molecule is CC(C)(C)OC(=O)N1CCN(c2ccc(-c3cn4ncc(C#N)c4c(-c4ccc(N5CC6CC(C5)N6Cc5ccccc5)nc4)n3)cc2)CC1. The van der Waals surface area contributed by atoms with E-state index in [4.69, 9.17) is 14.7 Å². The van der Waals surface area contributed by atoms with Crippen LogP contribution >= 0.6 is 0 Å². The molecule has 2 unspecified atom stereocenters. The van der Waals surface area contributed by atoms with Gasteiger partial charge in [-0.2, -0.15) is 10.4 Å². The van der Waals surface area contributed by atoms with Crippen molar-refractivity contribution in [2.75, 3.05) is 49.1 Å². The van der Waals surface area contributed by atoms with Crippen molar-refractivity contribution in [3.63, 3.8) is 0 Å². The van der Waals surface area contributed by atoms with E-state index >= 15 is 0 Å². The Hall–Kier alpha value is -5.47. The molecule has 11 nitrogen and oxygen atoms in total. The number of amides is 1. The summed E-state index contributed by atoms with van der Waals surface area (Å²) in [5.74, 6) is 0.964. The topological polar surface area (TPSA) is 106 Å². The first-order valence-corrected chi connectivity index (χ1v) is 17.4. The molecule has 254 valence electrons. The van der Waals surface area contributed by atoms with Gasteiger partial charge in [0.05, 0.1) is 23.8 Å². The van der Waals surface area contributed by atoms with Gasteiger partial charge in [-0.15, -0.1) is 0 Å². The monoisotopic (exact) mass is 667 g/mol. The van der Waals surface area contributed by atoms with Crippen LogP contribution in [0.1, 0.15) is 38.3 Å². The molecular formula is C39H41N9O2. The quantitative estimate of drug-likeness (QED) is 0.221. The molecule has 2 aromatic carbocycles. The van der Waals surface area contributed by atoms with Crippen LogP contribution in [0.3, 0.4) is 0 Å². The molecule has 11 heteroatoms. The molecule has 4 aliphatic rings. The number of hydrogen-bond donors (Lipinski definition) is 0. The lowest BCUT2D eigenvalue weighted by atomic mass is 9.86. The second-order valence-corrected chi connectivity index (χ2v) is 14.5. The maximum atomic E-state index is 12.5. The number of ether oxygens (including phenoxy) is 1. The predicted molar refractivity (Wildman–Crippen MR) is 193 cm³/mol. The first-order chi connectivity index (χ1) is 24.2. The number of nitrogens with zero attached hydrogens (tertiary/aromatic N) is 9. The van der Waals surface area contributed by atoms with Crippen LogP contribution in [-0.4, -0.2) is 92.4 Å². The minimum absolute atomic E-state index is 0.262. The minimum Gasteiger partial charge on any atom is -0.444 e. The van der Waals surface area contributed by atoms with Crippen molar-refractivity contribution >= 4 is 23.1 Å². The summed E-state index contributed by atoms with van der Waals surface area (Å²) in [6.07, 6.45) is 6.31. The maximum absolute atomic E-state index is 12.5. The highest BCUT2D eigenvalue weighted by Gasteiger charge is 2.44. The third kappa shape index (κ3) is 6.23. The molecule has 50 heavy (non-hydrogen) atoms. The van der Waals surface area contributed by atoms with Crippen LogP contribution in [0, 0.1) is 11.3 Å². The standard InChI is InChI=1S/C39H41N9O2/c1-39(2,3)50-38(49)45-17-15-44(16-18-45)31-12-9-28(10-13-31)34-26-48-37(30(20-40)22-42-48)36(43-34)29-11-14-35(41-21-29)46-24-32-19-33(25-46)47(32)23-27-7-5-4-6-8-27/h4-14,21-22,26,32-33H,15-19,23-25H2,1-3H3. The maximum Gasteiger partial charge on any atom is 0.410 e.